The van der Waals surface area contributed by atoms with Crippen molar-refractivity contribution in [2.75, 3.05) is 24.5 Å². The van der Waals surface area contributed by atoms with E-state index >= 15 is 0 Å². The maximum atomic E-state index is 13.6. The summed E-state index contributed by atoms with van der Waals surface area (Å²) < 4.78 is 13.6. The van der Waals surface area contributed by atoms with Gasteiger partial charge >= 0.3 is 0 Å². The topological polar surface area (TPSA) is 19.4 Å². The molecule has 0 amide bonds. The van der Waals surface area contributed by atoms with Gasteiger partial charge in [-0.05, 0) is 49.9 Å². The number of thiazole rings is 1. The van der Waals surface area contributed by atoms with Crippen LogP contribution in [0, 0.1) is 5.82 Å². The minimum Gasteiger partial charge on any atom is -0.348 e. The van der Waals surface area contributed by atoms with Gasteiger partial charge in [0.2, 0.25) is 0 Å². The van der Waals surface area contributed by atoms with Crippen molar-refractivity contribution in [3.63, 3.8) is 0 Å². The molecule has 0 radical (unpaired) electrons. The molecular formula is C19H24FN3S. The van der Waals surface area contributed by atoms with Crippen molar-refractivity contribution in [3.8, 4) is 0 Å². The van der Waals surface area contributed by atoms with E-state index in [0.29, 0.717) is 6.04 Å². The van der Waals surface area contributed by atoms with Gasteiger partial charge in [0.1, 0.15) is 5.82 Å². The maximum absolute atomic E-state index is 13.6. The summed E-state index contributed by atoms with van der Waals surface area (Å²) in [5.41, 5.74) is 1.11. The molecule has 2 aliphatic rings. The minimum atomic E-state index is -0.132. The summed E-state index contributed by atoms with van der Waals surface area (Å²) in [4.78, 5) is 10.8. The minimum absolute atomic E-state index is 0.132. The summed E-state index contributed by atoms with van der Waals surface area (Å²) in [6.07, 6.45) is 8.16. The van der Waals surface area contributed by atoms with Crippen LogP contribution in [0.3, 0.4) is 0 Å². The van der Waals surface area contributed by atoms with E-state index in [1.54, 1.807) is 6.07 Å². The summed E-state index contributed by atoms with van der Waals surface area (Å²) in [7, 11) is 0. The average molecular weight is 345 g/mol. The van der Waals surface area contributed by atoms with Gasteiger partial charge in [-0.15, -0.1) is 11.3 Å². The second-order valence-corrected chi connectivity index (χ2v) is 7.93. The largest absolute Gasteiger partial charge is 0.348 e. The second-order valence-electron chi connectivity index (χ2n) is 6.84. The Morgan fingerprint density at radius 2 is 1.96 bits per heavy atom. The smallest absolute Gasteiger partial charge is 0.185 e. The van der Waals surface area contributed by atoms with Crippen LogP contribution in [0.15, 0.2) is 30.5 Å². The Kier molecular flexibility index (Phi) is 4.81. The summed E-state index contributed by atoms with van der Waals surface area (Å²) >= 11 is 1.82. The van der Waals surface area contributed by atoms with Crippen molar-refractivity contribution >= 4 is 16.5 Å². The van der Waals surface area contributed by atoms with Gasteiger partial charge in [-0.3, -0.25) is 4.90 Å². The molecule has 1 aromatic carbocycles. The summed E-state index contributed by atoms with van der Waals surface area (Å²) in [5, 5.41) is 1.17. The molecule has 2 aliphatic heterocycles. The molecule has 2 saturated heterocycles. The van der Waals surface area contributed by atoms with Gasteiger partial charge in [-0.2, -0.15) is 0 Å². The lowest BCUT2D eigenvalue weighted by Crippen LogP contribution is -2.32. The predicted molar refractivity (Wildman–Crippen MR) is 97.0 cm³/mol. The van der Waals surface area contributed by atoms with Crippen LogP contribution in [0.2, 0.25) is 0 Å². The van der Waals surface area contributed by atoms with Crippen LogP contribution in [0.25, 0.3) is 0 Å². The monoisotopic (exact) mass is 345 g/mol. The van der Waals surface area contributed by atoms with Gasteiger partial charge in [-0.1, -0.05) is 18.6 Å². The Morgan fingerprint density at radius 1 is 1.12 bits per heavy atom. The zero-order chi connectivity index (χ0) is 16.4. The highest BCUT2D eigenvalue weighted by Crippen LogP contribution is 2.34. The van der Waals surface area contributed by atoms with Gasteiger partial charge in [0.15, 0.2) is 5.13 Å². The van der Waals surface area contributed by atoms with Gasteiger partial charge in [0, 0.05) is 36.8 Å². The van der Waals surface area contributed by atoms with E-state index in [1.165, 1.54) is 41.8 Å². The molecule has 4 rings (SSSR count). The van der Waals surface area contributed by atoms with Gasteiger partial charge in [0.05, 0.1) is 0 Å². The molecule has 5 heteroatoms. The van der Waals surface area contributed by atoms with Crippen LogP contribution in [-0.2, 0) is 6.54 Å². The fraction of sp³-hybridized carbons (Fsp3) is 0.526. The highest BCUT2D eigenvalue weighted by Gasteiger charge is 2.25. The van der Waals surface area contributed by atoms with E-state index in [1.807, 2.05) is 23.6 Å². The first-order valence-corrected chi connectivity index (χ1v) is 9.80. The van der Waals surface area contributed by atoms with Crippen LogP contribution in [0.1, 0.15) is 48.6 Å². The maximum Gasteiger partial charge on any atom is 0.185 e. The molecule has 0 spiro atoms. The van der Waals surface area contributed by atoms with Crippen molar-refractivity contribution in [2.45, 2.75) is 44.7 Å². The zero-order valence-corrected chi connectivity index (χ0v) is 14.8. The molecule has 1 aromatic heterocycles. The Morgan fingerprint density at radius 3 is 2.79 bits per heavy atom. The number of halogens is 1. The fourth-order valence-corrected chi connectivity index (χ4v) is 4.88. The number of hydrogen-bond donors (Lipinski definition) is 0. The molecule has 24 heavy (non-hydrogen) atoms. The first-order chi connectivity index (χ1) is 11.8. The molecule has 0 unspecified atom stereocenters. The molecule has 3 heterocycles. The lowest BCUT2D eigenvalue weighted by atomic mass is 9.95. The third-order valence-corrected chi connectivity index (χ3v) is 6.17. The van der Waals surface area contributed by atoms with Crippen molar-refractivity contribution in [1.29, 1.82) is 0 Å². The van der Waals surface area contributed by atoms with Gasteiger partial charge < -0.3 is 4.90 Å². The first kappa shape index (κ1) is 16.0. The van der Waals surface area contributed by atoms with Crippen LogP contribution < -0.4 is 4.90 Å². The second kappa shape index (κ2) is 7.19. The summed E-state index contributed by atoms with van der Waals surface area (Å²) in [6, 6.07) is 7.45. The predicted octanol–water partition coefficient (Wildman–Crippen LogP) is 4.61. The van der Waals surface area contributed by atoms with E-state index < -0.39 is 0 Å². The number of piperidine rings is 1. The molecular weight excluding hydrogens is 321 g/mol. The zero-order valence-electron chi connectivity index (χ0n) is 14.0. The van der Waals surface area contributed by atoms with E-state index in [0.717, 1.165) is 38.2 Å². The Hall–Kier alpha value is -1.46. The molecule has 0 saturated carbocycles. The van der Waals surface area contributed by atoms with Gasteiger partial charge in [0.25, 0.3) is 0 Å². The van der Waals surface area contributed by atoms with Crippen molar-refractivity contribution in [3.05, 3.63) is 46.7 Å². The first-order valence-electron chi connectivity index (χ1n) is 8.99. The standard InChI is InChI=1S/C19H24FN3S/c20-16-7-5-6-15(12-16)18-8-1-2-11-23(18)14-17-13-21-19(24-17)22-9-3-4-10-22/h5-7,12-13,18H,1-4,8-11,14H2/t18-/m1/s1. The van der Waals surface area contributed by atoms with Crippen LogP contribution >= 0.6 is 11.3 Å². The normalized spacial score (nSPS) is 22.2. The Labute approximate surface area is 147 Å². The lowest BCUT2D eigenvalue weighted by Gasteiger charge is -2.35. The number of anilines is 1. The number of nitrogens with zero attached hydrogens (tertiary/aromatic N) is 3. The molecule has 1 atom stereocenters. The number of likely N-dealkylation sites (tertiary alicyclic amines) is 1. The molecule has 0 bridgehead atoms. The van der Waals surface area contributed by atoms with Crippen molar-refractivity contribution in [1.82, 2.24) is 9.88 Å². The highest BCUT2D eigenvalue weighted by molar-refractivity contribution is 7.15. The molecule has 0 aliphatic carbocycles. The van der Waals surface area contributed by atoms with Gasteiger partial charge in [-0.25, -0.2) is 9.37 Å². The molecule has 0 N–H and O–H groups in total. The van der Waals surface area contributed by atoms with E-state index in [2.05, 4.69) is 20.9 Å². The van der Waals surface area contributed by atoms with E-state index in [-0.39, 0.29) is 5.82 Å². The van der Waals surface area contributed by atoms with Crippen molar-refractivity contribution in [2.24, 2.45) is 0 Å². The fourth-order valence-electron chi connectivity index (χ4n) is 3.90. The quantitative estimate of drug-likeness (QED) is 0.807. The highest BCUT2D eigenvalue weighted by atomic mass is 32.1. The van der Waals surface area contributed by atoms with E-state index in [9.17, 15) is 4.39 Å². The number of hydrogen-bond acceptors (Lipinski definition) is 4. The molecule has 3 nitrogen and oxygen atoms in total. The Bertz CT molecular complexity index is 681. The third kappa shape index (κ3) is 3.47. The molecule has 2 fully saturated rings. The number of aromatic nitrogens is 1. The third-order valence-electron chi connectivity index (χ3n) is 5.12. The average Bonchev–Trinajstić information content (AvgIpc) is 3.26. The lowest BCUT2D eigenvalue weighted by molar-refractivity contribution is 0.141. The Balaban J connectivity index is 1.49. The van der Waals surface area contributed by atoms with Crippen molar-refractivity contribution < 1.29 is 4.39 Å². The van der Waals surface area contributed by atoms with E-state index in [4.69, 9.17) is 0 Å². The number of benzene rings is 1. The SMILES string of the molecule is Fc1cccc([C@H]2CCCCN2Cc2cnc(N3CCCC3)s2)c1. The van der Waals surface area contributed by atoms with Crippen LogP contribution in [0.5, 0.6) is 0 Å². The summed E-state index contributed by atoms with van der Waals surface area (Å²) in [5.74, 6) is -0.132. The molecule has 2 aromatic rings. The molecule has 128 valence electrons. The van der Waals surface area contributed by atoms with Crippen LogP contribution in [-0.4, -0.2) is 29.5 Å². The summed E-state index contributed by atoms with van der Waals surface area (Å²) in [6.45, 7) is 4.29. The van der Waals surface area contributed by atoms with Crippen LogP contribution in [0.4, 0.5) is 9.52 Å². The number of rotatable bonds is 4.